The molecule has 0 spiro atoms. The molecule has 2 rings (SSSR count). The van der Waals surface area contributed by atoms with Crippen molar-refractivity contribution in [2.24, 2.45) is 5.73 Å². The van der Waals surface area contributed by atoms with Crippen LogP contribution in [0.25, 0.3) is 0 Å². The molecular formula is C20H25N3O2. The van der Waals surface area contributed by atoms with Gasteiger partial charge in [0.05, 0.1) is 6.42 Å². The molecule has 0 bridgehead atoms. The summed E-state index contributed by atoms with van der Waals surface area (Å²) in [7, 11) is 0. The summed E-state index contributed by atoms with van der Waals surface area (Å²) in [5.74, 6) is -0.444. The molecule has 0 aromatic heterocycles. The highest BCUT2D eigenvalue weighted by Crippen LogP contribution is 2.22. The number of benzene rings is 2. The zero-order chi connectivity index (χ0) is 18.2. The fourth-order valence-electron chi connectivity index (χ4n) is 2.87. The molecule has 2 aromatic rings. The largest absolute Gasteiger partial charge is 0.369 e. The molecule has 0 aliphatic rings. The number of carbonyl (C=O) groups excluding carboxylic acids is 2. The molecule has 0 heterocycles. The van der Waals surface area contributed by atoms with E-state index in [2.05, 4.69) is 10.2 Å². The Bertz CT molecular complexity index is 695. The standard InChI is InChI=1S/C20H25N3O2/c1-3-23(4-2)19(16-8-6-5-7-9-16)20(25)22-17-12-10-15(11-13-17)14-18(21)24/h5-13,19H,3-4,14H2,1-2H3,(H2,21,24)(H,22,25)/t19-/m0/s1. The summed E-state index contributed by atoms with van der Waals surface area (Å²) in [6.07, 6.45) is 0.195. The maximum Gasteiger partial charge on any atom is 0.246 e. The van der Waals surface area contributed by atoms with Crippen LogP contribution in [0.2, 0.25) is 0 Å². The zero-order valence-corrected chi connectivity index (χ0v) is 14.7. The number of carbonyl (C=O) groups is 2. The molecule has 0 aliphatic heterocycles. The van der Waals surface area contributed by atoms with Crippen LogP contribution in [0.4, 0.5) is 5.69 Å². The van der Waals surface area contributed by atoms with Crippen molar-refractivity contribution in [2.75, 3.05) is 18.4 Å². The van der Waals surface area contributed by atoms with Crippen LogP contribution < -0.4 is 11.1 Å². The van der Waals surface area contributed by atoms with Crippen LogP contribution >= 0.6 is 0 Å². The van der Waals surface area contributed by atoms with E-state index in [0.717, 1.165) is 24.2 Å². The van der Waals surface area contributed by atoms with E-state index in [1.54, 1.807) is 24.3 Å². The number of rotatable bonds is 8. The summed E-state index contributed by atoms with van der Waals surface area (Å²) in [5, 5.41) is 2.97. The second kappa shape index (κ2) is 8.99. The lowest BCUT2D eigenvalue weighted by atomic mass is 10.0. The van der Waals surface area contributed by atoms with Gasteiger partial charge >= 0.3 is 0 Å². The molecule has 0 unspecified atom stereocenters. The minimum atomic E-state index is -0.373. The minimum Gasteiger partial charge on any atom is -0.369 e. The van der Waals surface area contributed by atoms with Gasteiger partial charge < -0.3 is 11.1 Å². The number of nitrogens with two attached hydrogens (primary N) is 1. The quantitative estimate of drug-likeness (QED) is 0.776. The van der Waals surface area contributed by atoms with Crippen LogP contribution in [0, 0.1) is 0 Å². The van der Waals surface area contributed by atoms with E-state index in [4.69, 9.17) is 5.73 Å². The Hall–Kier alpha value is -2.66. The summed E-state index contributed by atoms with van der Waals surface area (Å²) in [5.41, 5.74) is 7.69. The van der Waals surface area contributed by atoms with Crippen LogP contribution in [-0.4, -0.2) is 29.8 Å². The van der Waals surface area contributed by atoms with Gasteiger partial charge in [-0.15, -0.1) is 0 Å². The number of amides is 2. The predicted octanol–water partition coefficient (Wildman–Crippen LogP) is 2.74. The lowest BCUT2D eigenvalue weighted by Crippen LogP contribution is -2.37. The maximum atomic E-state index is 12.9. The van der Waals surface area contributed by atoms with Crippen LogP contribution in [-0.2, 0) is 16.0 Å². The second-order valence-electron chi connectivity index (χ2n) is 5.86. The minimum absolute atomic E-state index is 0.0717. The zero-order valence-electron chi connectivity index (χ0n) is 14.7. The first kappa shape index (κ1) is 18.7. The van der Waals surface area contributed by atoms with Crippen molar-refractivity contribution in [3.8, 4) is 0 Å². The van der Waals surface area contributed by atoms with Crippen molar-refractivity contribution < 1.29 is 9.59 Å². The SMILES string of the molecule is CCN(CC)[C@H](C(=O)Nc1ccc(CC(N)=O)cc1)c1ccccc1. The van der Waals surface area contributed by atoms with Gasteiger partial charge in [-0.25, -0.2) is 0 Å². The van der Waals surface area contributed by atoms with Gasteiger partial charge in [-0.3, -0.25) is 14.5 Å². The third kappa shape index (κ3) is 5.16. The molecule has 0 saturated heterocycles. The number of anilines is 1. The van der Waals surface area contributed by atoms with Gasteiger partial charge in [-0.1, -0.05) is 56.3 Å². The molecule has 25 heavy (non-hydrogen) atoms. The van der Waals surface area contributed by atoms with Gasteiger partial charge in [-0.05, 0) is 36.3 Å². The van der Waals surface area contributed by atoms with Crippen molar-refractivity contribution in [2.45, 2.75) is 26.3 Å². The highest BCUT2D eigenvalue weighted by Gasteiger charge is 2.25. The Morgan fingerprint density at radius 3 is 2.12 bits per heavy atom. The molecule has 5 nitrogen and oxygen atoms in total. The fourth-order valence-corrected chi connectivity index (χ4v) is 2.87. The molecule has 2 amide bonds. The number of hydrogen-bond donors (Lipinski definition) is 2. The van der Waals surface area contributed by atoms with E-state index in [1.165, 1.54) is 0 Å². The number of likely N-dealkylation sites (N-methyl/N-ethyl adjacent to an activating group) is 1. The molecule has 132 valence electrons. The molecule has 5 heteroatoms. The van der Waals surface area contributed by atoms with Crippen LogP contribution in [0.3, 0.4) is 0 Å². The Morgan fingerprint density at radius 1 is 1.00 bits per heavy atom. The van der Waals surface area contributed by atoms with Crippen molar-refractivity contribution >= 4 is 17.5 Å². The summed E-state index contributed by atoms with van der Waals surface area (Å²) in [6.45, 7) is 5.65. The van der Waals surface area contributed by atoms with Crippen molar-refractivity contribution in [3.63, 3.8) is 0 Å². The van der Waals surface area contributed by atoms with Crippen molar-refractivity contribution in [3.05, 3.63) is 65.7 Å². The van der Waals surface area contributed by atoms with E-state index in [1.807, 2.05) is 44.2 Å². The normalized spacial score (nSPS) is 12.0. The van der Waals surface area contributed by atoms with Gasteiger partial charge in [-0.2, -0.15) is 0 Å². The summed E-state index contributed by atoms with van der Waals surface area (Å²) in [6, 6.07) is 16.6. The summed E-state index contributed by atoms with van der Waals surface area (Å²) >= 11 is 0. The van der Waals surface area contributed by atoms with E-state index in [-0.39, 0.29) is 24.3 Å². The monoisotopic (exact) mass is 339 g/mol. The molecule has 0 fully saturated rings. The molecule has 0 saturated carbocycles. The van der Waals surface area contributed by atoms with Crippen molar-refractivity contribution in [1.82, 2.24) is 4.90 Å². The fraction of sp³-hybridized carbons (Fsp3) is 0.300. The smallest absolute Gasteiger partial charge is 0.246 e. The summed E-state index contributed by atoms with van der Waals surface area (Å²) in [4.78, 5) is 26.0. The Balaban J connectivity index is 2.18. The van der Waals surface area contributed by atoms with Crippen LogP contribution in [0.1, 0.15) is 31.0 Å². The van der Waals surface area contributed by atoms with Crippen molar-refractivity contribution in [1.29, 1.82) is 0 Å². The van der Waals surface area contributed by atoms with Gasteiger partial charge in [0.25, 0.3) is 0 Å². The van der Waals surface area contributed by atoms with Gasteiger partial charge in [0.1, 0.15) is 6.04 Å². The van der Waals surface area contributed by atoms with Gasteiger partial charge in [0, 0.05) is 5.69 Å². The van der Waals surface area contributed by atoms with Crippen LogP contribution in [0.5, 0.6) is 0 Å². The molecule has 0 aliphatic carbocycles. The number of nitrogens with zero attached hydrogens (tertiary/aromatic N) is 1. The van der Waals surface area contributed by atoms with E-state index < -0.39 is 0 Å². The van der Waals surface area contributed by atoms with Gasteiger partial charge in [0.15, 0.2) is 0 Å². The number of hydrogen-bond acceptors (Lipinski definition) is 3. The molecular weight excluding hydrogens is 314 g/mol. The number of primary amides is 1. The second-order valence-corrected chi connectivity index (χ2v) is 5.86. The molecule has 2 aromatic carbocycles. The topological polar surface area (TPSA) is 75.4 Å². The lowest BCUT2D eigenvalue weighted by Gasteiger charge is -2.29. The Morgan fingerprint density at radius 2 is 1.60 bits per heavy atom. The van der Waals surface area contributed by atoms with E-state index >= 15 is 0 Å². The number of nitrogens with one attached hydrogen (secondary N) is 1. The highest BCUT2D eigenvalue weighted by molar-refractivity contribution is 5.95. The van der Waals surface area contributed by atoms with Crippen LogP contribution in [0.15, 0.2) is 54.6 Å². The third-order valence-corrected chi connectivity index (χ3v) is 4.14. The van der Waals surface area contributed by atoms with Gasteiger partial charge in [0.2, 0.25) is 11.8 Å². The first-order valence-electron chi connectivity index (χ1n) is 8.52. The molecule has 0 radical (unpaired) electrons. The molecule has 3 N–H and O–H groups in total. The van der Waals surface area contributed by atoms with E-state index in [9.17, 15) is 9.59 Å². The Labute approximate surface area is 148 Å². The molecule has 1 atom stereocenters. The lowest BCUT2D eigenvalue weighted by molar-refractivity contribution is -0.121. The van der Waals surface area contributed by atoms with E-state index in [0.29, 0.717) is 5.69 Å². The highest BCUT2D eigenvalue weighted by atomic mass is 16.2. The average Bonchev–Trinajstić information content (AvgIpc) is 2.61. The Kier molecular flexibility index (Phi) is 6.71. The first-order valence-corrected chi connectivity index (χ1v) is 8.52. The third-order valence-electron chi connectivity index (χ3n) is 4.14. The summed E-state index contributed by atoms with van der Waals surface area (Å²) < 4.78 is 0. The first-order chi connectivity index (χ1) is 12.0. The maximum absolute atomic E-state index is 12.9. The predicted molar refractivity (Wildman–Crippen MR) is 100 cm³/mol. The average molecular weight is 339 g/mol.